The fraction of sp³-hybridized carbons (Fsp3) is 0.789. The molecule has 0 saturated heterocycles. The van der Waals surface area contributed by atoms with Gasteiger partial charge in [-0.2, -0.15) is 0 Å². The number of imidazole rings is 1. The molecule has 26 heavy (non-hydrogen) atoms. The maximum Gasteiger partial charge on any atom is 0.191 e. The van der Waals surface area contributed by atoms with Crippen molar-refractivity contribution in [2.45, 2.75) is 65.3 Å². The Morgan fingerprint density at radius 2 is 2.08 bits per heavy atom. The lowest BCUT2D eigenvalue weighted by Gasteiger charge is -2.12. The van der Waals surface area contributed by atoms with E-state index < -0.39 is 0 Å². The predicted molar refractivity (Wildman–Crippen MR) is 119 cm³/mol. The zero-order valence-electron chi connectivity index (χ0n) is 16.4. The Hall–Kier alpha value is -0.830. The van der Waals surface area contributed by atoms with Gasteiger partial charge in [-0.3, -0.25) is 4.99 Å². The number of hydrogen-bond acceptors (Lipinski definition) is 3. The van der Waals surface area contributed by atoms with Crippen molar-refractivity contribution < 1.29 is 4.74 Å². The minimum absolute atomic E-state index is 0. The lowest BCUT2D eigenvalue weighted by atomic mass is 10.2. The van der Waals surface area contributed by atoms with E-state index in [1.807, 2.05) is 6.92 Å². The highest BCUT2D eigenvalue weighted by molar-refractivity contribution is 14.0. The van der Waals surface area contributed by atoms with Crippen molar-refractivity contribution in [3.8, 4) is 0 Å². The number of ether oxygens (including phenoxy) is 1. The second-order valence-electron chi connectivity index (χ2n) is 6.54. The van der Waals surface area contributed by atoms with Crippen LogP contribution in [0.3, 0.4) is 0 Å². The molecule has 0 spiro atoms. The van der Waals surface area contributed by atoms with Gasteiger partial charge >= 0.3 is 0 Å². The number of aryl methyl sites for hydroxylation is 2. The summed E-state index contributed by atoms with van der Waals surface area (Å²) in [5.41, 5.74) is 1.19. The number of guanidine groups is 1. The minimum Gasteiger partial charge on any atom is -0.382 e. The molecule has 0 saturated carbocycles. The maximum absolute atomic E-state index is 5.37. The second kappa shape index (κ2) is 14.3. The van der Waals surface area contributed by atoms with Crippen molar-refractivity contribution in [3.63, 3.8) is 0 Å². The van der Waals surface area contributed by atoms with E-state index in [0.29, 0.717) is 0 Å². The molecule has 1 aromatic heterocycles. The quantitative estimate of drug-likeness (QED) is 0.223. The second-order valence-corrected chi connectivity index (χ2v) is 6.54. The van der Waals surface area contributed by atoms with E-state index in [2.05, 4.69) is 33.3 Å². The third-order valence-corrected chi connectivity index (χ3v) is 4.38. The molecule has 1 aliphatic heterocycles. The number of halogens is 1. The van der Waals surface area contributed by atoms with Crippen molar-refractivity contribution >= 4 is 29.9 Å². The molecule has 1 aromatic rings. The number of aromatic nitrogens is 2. The normalized spacial score (nSPS) is 13.8. The molecule has 6 nitrogen and oxygen atoms in total. The van der Waals surface area contributed by atoms with Crippen LogP contribution in [0.1, 0.15) is 57.5 Å². The van der Waals surface area contributed by atoms with Gasteiger partial charge in [-0.1, -0.05) is 13.3 Å². The molecule has 0 fully saturated rings. The number of hydrogen-bond donors (Lipinski definition) is 2. The summed E-state index contributed by atoms with van der Waals surface area (Å²) in [5, 5.41) is 6.87. The van der Waals surface area contributed by atoms with Crippen molar-refractivity contribution in [2.24, 2.45) is 4.99 Å². The van der Waals surface area contributed by atoms with Crippen LogP contribution in [0, 0.1) is 0 Å². The highest BCUT2D eigenvalue weighted by Gasteiger charge is 2.11. The van der Waals surface area contributed by atoms with Gasteiger partial charge in [0.2, 0.25) is 0 Å². The number of nitrogens with zero attached hydrogens (tertiary/aromatic N) is 3. The highest BCUT2D eigenvalue weighted by atomic mass is 127. The molecule has 1 aliphatic rings. The standard InChI is InChI=1S/C19H35N5O.HI/c1-3-5-11-20-19(21-12-8-15-25-4-2)22-13-10-17-16-24-14-7-6-9-18(24)23-17;/h16H,3-15H2,1-2H3,(H2,20,21,22);1H. The van der Waals surface area contributed by atoms with E-state index in [-0.39, 0.29) is 24.0 Å². The summed E-state index contributed by atoms with van der Waals surface area (Å²) in [6, 6.07) is 0. The summed E-state index contributed by atoms with van der Waals surface area (Å²) in [7, 11) is 0. The van der Waals surface area contributed by atoms with Crippen LogP contribution in [0.15, 0.2) is 11.2 Å². The van der Waals surface area contributed by atoms with Gasteiger partial charge in [-0.15, -0.1) is 24.0 Å². The van der Waals surface area contributed by atoms with Gasteiger partial charge in [0.05, 0.1) is 5.69 Å². The van der Waals surface area contributed by atoms with Crippen molar-refractivity contribution in [1.29, 1.82) is 0 Å². The molecule has 2 heterocycles. The van der Waals surface area contributed by atoms with Crippen molar-refractivity contribution in [3.05, 3.63) is 17.7 Å². The third-order valence-electron chi connectivity index (χ3n) is 4.38. The molecule has 2 rings (SSSR count). The molecule has 150 valence electrons. The average molecular weight is 477 g/mol. The van der Waals surface area contributed by atoms with Crippen molar-refractivity contribution in [2.75, 3.05) is 32.8 Å². The van der Waals surface area contributed by atoms with Crippen LogP contribution in [-0.4, -0.2) is 48.4 Å². The Labute approximate surface area is 175 Å². The first-order valence-corrected chi connectivity index (χ1v) is 9.98. The highest BCUT2D eigenvalue weighted by Crippen LogP contribution is 2.14. The predicted octanol–water partition coefficient (Wildman–Crippen LogP) is 3.14. The molecule has 0 bridgehead atoms. The molecule has 0 aliphatic carbocycles. The van der Waals surface area contributed by atoms with Gasteiger partial charge in [-0.25, -0.2) is 4.98 Å². The van der Waals surface area contributed by atoms with E-state index in [0.717, 1.165) is 71.0 Å². The minimum atomic E-state index is 0. The fourth-order valence-electron chi connectivity index (χ4n) is 2.96. The molecular weight excluding hydrogens is 441 g/mol. The summed E-state index contributed by atoms with van der Waals surface area (Å²) in [4.78, 5) is 9.42. The Morgan fingerprint density at radius 3 is 2.85 bits per heavy atom. The monoisotopic (exact) mass is 477 g/mol. The average Bonchev–Trinajstić information content (AvgIpc) is 3.04. The Bertz CT molecular complexity index is 495. The Balaban J connectivity index is 0.00000338. The zero-order valence-corrected chi connectivity index (χ0v) is 18.8. The molecule has 0 amide bonds. The van der Waals surface area contributed by atoms with Crippen LogP contribution < -0.4 is 10.6 Å². The van der Waals surface area contributed by atoms with E-state index in [1.165, 1.54) is 30.8 Å². The number of rotatable bonds is 11. The van der Waals surface area contributed by atoms with Gasteiger partial charge in [0.1, 0.15) is 5.82 Å². The molecule has 0 radical (unpaired) electrons. The summed E-state index contributed by atoms with van der Waals surface area (Å²) < 4.78 is 7.69. The van der Waals surface area contributed by atoms with Crippen LogP contribution in [-0.2, 0) is 24.1 Å². The summed E-state index contributed by atoms with van der Waals surface area (Å²) in [6.45, 7) is 9.53. The first-order valence-electron chi connectivity index (χ1n) is 9.98. The summed E-state index contributed by atoms with van der Waals surface area (Å²) in [6.07, 6.45) is 10.1. The van der Waals surface area contributed by atoms with E-state index in [9.17, 15) is 0 Å². The van der Waals surface area contributed by atoms with Crippen LogP contribution in [0.25, 0.3) is 0 Å². The largest absolute Gasteiger partial charge is 0.382 e. The van der Waals surface area contributed by atoms with E-state index >= 15 is 0 Å². The molecule has 2 N–H and O–H groups in total. The van der Waals surface area contributed by atoms with Gasteiger partial charge in [-0.05, 0) is 32.6 Å². The molecule has 0 unspecified atom stereocenters. The Kier molecular flexibility index (Phi) is 12.7. The molecule has 7 heteroatoms. The summed E-state index contributed by atoms with van der Waals surface area (Å²) in [5.74, 6) is 2.17. The lowest BCUT2D eigenvalue weighted by molar-refractivity contribution is 0.146. The number of nitrogens with one attached hydrogen (secondary N) is 2. The van der Waals surface area contributed by atoms with Gasteiger partial charge < -0.3 is 19.9 Å². The molecule has 0 aromatic carbocycles. The fourth-order valence-corrected chi connectivity index (χ4v) is 2.96. The topological polar surface area (TPSA) is 63.5 Å². The first-order chi connectivity index (χ1) is 12.3. The number of fused-ring (bicyclic) bond motifs is 1. The molecule has 0 atom stereocenters. The number of aliphatic imine (C=N–C) groups is 1. The SMILES string of the molecule is CCCCNC(=NCCCOCC)NCCc1cn2c(n1)CCCC2.I. The third kappa shape index (κ3) is 8.70. The van der Waals surface area contributed by atoms with Gasteiger partial charge in [0.15, 0.2) is 5.96 Å². The first kappa shape index (κ1) is 23.2. The van der Waals surface area contributed by atoms with E-state index in [1.54, 1.807) is 0 Å². The Morgan fingerprint density at radius 1 is 1.23 bits per heavy atom. The molecular formula is C19H36IN5O. The lowest BCUT2D eigenvalue weighted by Crippen LogP contribution is -2.39. The van der Waals surface area contributed by atoms with Gasteiger partial charge in [0, 0.05) is 58.4 Å². The van der Waals surface area contributed by atoms with Crippen molar-refractivity contribution in [1.82, 2.24) is 20.2 Å². The smallest absolute Gasteiger partial charge is 0.191 e. The van der Waals surface area contributed by atoms with Crippen LogP contribution in [0.4, 0.5) is 0 Å². The zero-order chi connectivity index (χ0) is 17.7. The van der Waals surface area contributed by atoms with Crippen LogP contribution in [0.2, 0.25) is 0 Å². The maximum atomic E-state index is 5.37. The van der Waals surface area contributed by atoms with E-state index in [4.69, 9.17) is 9.72 Å². The van der Waals surface area contributed by atoms with Gasteiger partial charge in [0.25, 0.3) is 0 Å². The summed E-state index contributed by atoms with van der Waals surface area (Å²) >= 11 is 0. The number of unbranched alkanes of at least 4 members (excludes halogenated alkanes) is 1. The van der Waals surface area contributed by atoms with Crippen LogP contribution in [0.5, 0.6) is 0 Å². The van der Waals surface area contributed by atoms with Crippen LogP contribution >= 0.6 is 24.0 Å².